The van der Waals surface area contributed by atoms with E-state index in [1.54, 1.807) is 32.1 Å². The second-order valence-corrected chi connectivity index (χ2v) is 8.65. The minimum Gasteiger partial charge on any atom is -0.463 e. The molecule has 0 amide bonds. The van der Waals surface area contributed by atoms with Crippen molar-refractivity contribution in [3.63, 3.8) is 0 Å². The summed E-state index contributed by atoms with van der Waals surface area (Å²) in [7, 11) is 0. The summed E-state index contributed by atoms with van der Waals surface area (Å²) in [6.07, 6.45) is 1.67. The zero-order valence-electron chi connectivity index (χ0n) is 16.6. The molecular weight excluding hydrogens is 438 g/mol. The van der Waals surface area contributed by atoms with E-state index in [-0.39, 0.29) is 17.9 Å². The van der Waals surface area contributed by atoms with Crippen molar-refractivity contribution in [2.75, 3.05) is 6.61 Å². The van der Waals surface area contributed by atoms with Gasteiger partial charge in [0, 0.05) is 17.0 Å². The van der Waals surface area contributed by atoms with Crippen molar-refractivity contribution in [3.8, 4) is 0 Å². The molecule has 0 saturated heterocycles. The second-order valence-electron chi connectivity index (χ2n) is 6.67. The fraction of sp³-hybridized carbons (Fsp3) is 0.190. The number of esters is 1. The molecule has 1 aliphatic rings. The number of thiophene rings is 1. The molecule has 2 aromatic heterocycles. The van der Waals surface area contributed by atoms with Crippen molar-refractivity contribution in [3.05, 3.63) is 93.3 Å². The van der Waals surface area contributed by atoms with Crippen molar-refractivity contribution in [2.45, 2.75) is 19.9 Å². The van der Waals surface area contributed by atoms with Crippen LogP contribution in [0.25, 0.3) is 6.08 Å². The maximum atomic E-state index is 13.3. The van der Waals surface area contributed by atoms with Gasteiger partial charge in [0.15, 0.2) is 4.80 Å². The van der Waals surface area contributed by atoms with Crippen LogP contribution < -0.4 is 14.9 Å². The van der Waals surface area contributed by atoms with Crippen molar-refractivity contribution < 1.29 is 14.5 Å². The normalized spacial score (nSPS) is 16.1. The monoisotopic (exact) mass is 455 g/mol. The summed E-state index contributed by atoms with van der Waals surface area (Å²) in [5, 5.41) is 12.7. The fourth-order valence-corrected chi connectivity index (χ4v) is 5.22. The summed E-state index contributed by atoms with van der Waals surface area (Å²) in [6.45, 7) is 3.69. The molecule has 0 bridgehead atoms. The molecule has 4 rings (SSSR count). The number of thiazole rings is 1. The molecular formula is C21H17N3O5S2. The van der Waals surface area contributed by atoms with Crippen molar-refractivity contribution in [2.24, 2.45) is 4.99 Å². The zero-order chi connectivity index (χ0) is 22.1. The van der Waals surface area contributed by atoms with Crippen LogP contribution in [0.15, 0.2) is 62.8 Å². The lowest BCUT2D eigenvalue weighted by molar-refractivity contribution is -0.384. The largest absolute Gasteiger partial charge is 0.463 e. The summed E-state index contributed by atoms with van der Waals surface area (Å²) in [5.41, 5.74) is 1.21. The number of carbonyl (C=O) groups excluding carboxylic acids is 1. The number of rotatable bonds is 5. The van der Waals surface area contributed by atoms with Gasteiger partial charge in [-0.3, -0.25) is 19.5 Å². The molecule has 3 heterocycles. The van der Waals surface area contributed by atoms with Gasteiger partial charge < -0.3 is 4.74 Å². The van der Waals surface area contributed by atoms with Crippen LogP contribution in [-0.4, -0.2) is 22.1 Å². The number of fused-ring (bicyclic) bond motifs is 1. The summed E-state index contributed by atoms with van der Waals surface area (Å²) in [4.78, 5) is 42.3. The minimum absolute atomic E-state index is 0.0222. The molecule has 0 aliphatic carbocycles. The van der Waals surface area contributed by atoms with Gasteiger partial charge in [-0.25, -0.2) is 9.79 Å². The molecule has 0 unspecified atom stereocenters. The number of nitro benzene ring substituents is 1. The van der Waals surface area contributed by atoms with Crippen LogP contribution in [-0.2, 0) is 9.53 Å². The number of nitrogens with zero attached hydrogens (tertiary/aromatic N) is 3. The van der Waals surface area contributed by atoms with Crippen molar-refractivity contribution in [1.82, 2.24) is 4.57 Å². The third-order valence-corrected chi connectivity index (χ3v) is 6.64. The quantitative estimate of drug-likeness (QED) is 0.334. The number of hydrogen-bond donors (Lipinski definition) is 0. The van der Waals surface area contributed by atoms with Gasteiger partial charge in [0.1, 0.15) is 6.04 Å². The highest BCUT2D eigenvalue weighted by Crippen LogP contribution is 2.33. The topological polar surface area (TPSA) is 104 Å². The van der Waals surface area contributed by atoms with Crippen LogP contribution in [0, 0.1) is 10.1 Å². The molecule has 158 valence electrons. The Hall–Kier alpha value is -3.37. The highest BCUT2D eigenvalue weighted by molar-refractivity contribution is 7.10. The Morgan fingerprint density at radius 3 is 2.68 bits per heavy atom. The molecule has 1 aromatic carbocycles. The van der Waals surface area contributed by atoms with E-state index < -0.39 is 16.9 Å². The van der Waals surface area contributed by atoms with Gasteiger partial charge in [-0.15, -0.1) is 11.3 Å². The molecule has 3 aromatic rings. The molecule has 8 nitrogen and oxygen atoms in total. The average Bonchev–Trinajstić information content (AvgIpc) is 3.36. The van der Waals surface area contributed by atoms with Gasteiger partial charge in [0.05, 0.1) is 27.3 Å². The number of allylic oxidation sites excluding steroid dienone is 1. The number of ether oxygens (including phenoxy) is 1. The molecule has 0 N–H and O–H groups in total. The average molecular weight is 456 g/mol. The van der Waals surface area contributed by atoms with Crippen LogP contribution in [0.1, 0.15) is 30.3 Å². The first-order valence-electron chi connectivity index (χ1n) is 9.38. The van der Waals surface area contributed by atoms with Crippen molar-refractivity contribution >= 4 is 40.4 Å². The lowest BCUT2D eigenvalue weighted by Crippen LogP contribution is -2.39. The lowest BCUT2D eigenvalue weighted by Gasteiger charge is -2.23. The summed E-state index contributed by atoms with van der Waals surface area (Å²) < 4.78 is 7.18. The Labute approximate surface area is 184 Å². The van der Waals surface area contributed by atoms with E-state index in [2.05, 4.69) is 4.99 Å². The first kappa shape index (κ1) is 20.9. The maximum absolute atomic E-state index is 13.3. The number of carbonyl (C=O) groups is 1. The first-order chi connectivity index (χ1) is 14.9. The number of nitro groups is 1. The summed E-state index contributed by atoms with van der Waals surface area (Å²) in [5.74, 6) is -0.494. The summed E-state index contributed by atoms with van der Waals surface area (Å²) >= 11 is 2.66. The highest BCUT2D eigenvalue weighted by atomic mass is 32.1. The summed E-state index contributed by atoms with van der Waals surface area (Å²) in [6, 6.07) is 9.08. The Morgan fingerprint density at radius 2 is 2.06 bits per heavy atom. The molecule has 1 atom stereocenters. The Morgan fingerprint density at radius 1 is 1.32 bits per heavy atom. The van der Waals surface area contributed by atoms with E-state index in [9.17, 15) is 19.7 Å². The highest BCUT2D eigenvalue weighted by Gasteiger charge is 2.33. The van der Waals surface area contributed by atoms with Crippen LogP contribution in [0.4, 0.5) is 5.69 Å². The van der Waals surface area contributed by atoms with Gasteiger partial charge in [-0.1, -0.05) is 17.4 Å². The smallest absolute Gasteiger partial charge is 0.338 e. The van der Waals surface area contributed by atoms with Crippen molar-refractivity contribution in [1.29, 1.82) is 0 Å². The van der Waals surface area contributed by atoms with E-state index in [0.29, 0.717) is 26.2 Å². The Kier molecular flexibility index (Phi) is 5.66. The minimum atomic E-state index is -0.616. The van der Waals surface area contributed by atoms with Gasteiger partial charge in [-0.2, -0.15) is 0 Å². The zero-order valence-corrected chi connectivity index (χ0v) is 18.2. The molecule has 0 spiro atoms. The number of aromatic nitrogens is 1. The molecule has 0 radical (unpaired) electrons. The number of hydrogen-bond acceptors (Lipinski definition) is 8. The number of non-ortho nitro benzene ring substituents is 1. The van der Waals surface area contributed by atoms with Crippen LogP contribution in [0.5, 0.6) is 0 Å². The fourth-order valence-electron chi connectivity index (χ4n) is 3.35. The van der Waals surface area contributed by atoms with E-state index in [1.165, 1.54) is 39.4 Å². The Balaban J connectivity index is 1.88. The van der Waals surface area contributed by atoms with Crippen LogP contribution in [0.2, 0.25) is 0 Å². The predicted octanol–water partition coefficient (Wildman–Crippen LogP) is 2.77. The predicted molar refractivity (Wildman–Crippen MR) is 118 cm³/mol. The van der Waals surface area contributed by atoms with Crippen LogP contribution in [0.3, 0.4) is 0 Å². The first-order valence-corrected chi connectivity index (χ1v) is 11.1. The SMILES string of the molecule is CCOC(=O)C1=C(C)N=c2s/c(=C\c3ccc([N+](=O)[O-])cc3)c(=O)n2[C@@H]1c1cccs1. The lowest BCUT2D eigenvalue weighted by atomic mass is 10.0. The standard InChI is InChI=1S/C21H17N3O5S2/c1-3-29-20(26)17-12(2)22-21-23(18(17)15-5-4-10-30-15)19(25)16(31-21)11-13-6-8-14(9-7-13)24(27)28/h4-11,18H,3H2,1-2H3/b16-11-/t18-/m1/s1. The van der Waals surface area contributed by atoms with E-state index in [0.717, 1.165) is 4.88 Å². The maximum Gasteiger partial charge on any atom is 0.338 e. The molecule has 0 fully saturated rings. The molecule has 1 aliphatic heterocycles. The van der Waals surface area contributed by atoms with Gasteiger partial charge >= 0.3 is 5.97 Å². The van der Waals surface area contributed by atoms with Crippen LogP contribution >= 0.6 is 22.7 Å². The van der Waals surface area contributed by atoms with E-state index >= 15 is 0 Å². The third kappa shape index (κ3) is 3.87. The third-order valence-electron chi connectivity index (χ3n) is 4.73. The van der Waals surface area contributed by atoms with E-state index in [1.807, 2.05) is 17.5 Å². The molecule has 31 heavy (non-hydrogen) atoms. The second kappa shape index (κ2) is 8.40. The Bertz CT molecular complexity index is 1370. The van der Waals surface area contributed by atoms with E-state index in [4.69, 9.17) is 4.74 Å². The van der Waals surface area contributed by atoms with Gasteiger partial charge in [-0.05, 0) is 49.1 Å². The molecule has 10 heteroatoms. The molecule has 0 saturated carbocycles. The van der Waals surface area contributed by atoms with Gasteiger partial charge in [0.25, 0.3) is 11.2 Å². The van der Waals surface area contributed by atoms with Gasteiger partial charge in [0.2, 0.25) is 0 Å². The number of benzene rings is 1.